The summed E-state index contributed by atoms with van der Waals surface area (Å²) in [5.41, 5.74) is 6.63. The minimum Gasteiger partial charge on any atom is -0.382 e. The number of nitrogens with two attached hydrogens (primary N) is 1. The molecule has 0 spiro atoms. The normalized spacial score (nSPS) is 10.7. The molecular formula is C12H24N6S. The molecule has 0 aromatic carbocycles. The van der Waals surface area contributed by atoms with Crippen LogP contribution in [0.15, 0.2) is 6.33 Å². The summed E-state index contributed by atoms with van der Waals surface area (Å²) >= 11 is 1.86. The molecule has 0 aliphatic heterocycles. The second kappa shape index (κ2) is 8.82. The van der Waals surface area contributed by atoms with Gasteiger partial charge >= 0.3 is 0 Å². The minimum atomic E-state index is 0.482. The maximum absolute atomic E-state index is 5.84. The summed E-state index contributed by atoms with van der Waals surface area (Å²) in [4.78, 5) is 10.5. The van der Waals surface area contributed by atoms with Gasteiger partial charge in [0.05, 0.1) is 0 Å². The third kappa shape index (κ3) is 5.52. The van der Waals surface area contributed by atoms with Gasteiger partial charge in [-0.25, -0.2) is 9.97 Å². The third-order valence-corrected chi connectivity index (χ3v) is 3.28. The highest BCUT2D eigenvalue weighted by atomic mass is 32.2. The van der Waals surface area contributed by atoms with Crippen molar-refractivity contribution in [3.05, 3.63) is 6.33 Å². The minimum absolute atomic E-state index is 0.482. The molecule has 0 saturated heterocycles. The number of anilines is 3. The molecule has 19 heavy (non-hydrogen) atoms. The topological polar surface area (TPSA) is 79.1 Å². The maximum Gasteiger partial charge on any atom is 0.155 e. The number of likely N-dealkylation sites (N-methyl/N-ethyl adjacent to an activating group) is 1. The number of nitrogen functional groups attached to an aromatic ring is 1. The smallest absolute Gasteiger partial charge is 0.155 e. The van der Waals surface area contributed by atoms with Crippen LogP contribution in [0.4, 0.5) is 17.3 Å². The van der Waals surface area contributed by atoms with Gasteiger partial charge in [0.25, 0.3) is 0 Å². The third-order valence-electron chi connectivity index (χ3n) is 2.69. The van der Waals surface area contributed by atoms with Gasteiger partial charge in [-0.2, -0.15) is 11.8 Å². The van der Waals surface area contributed by atoms with Gasteiger partial charge in [-0.3, -0.25) is 0 Å². The van der Waals surface area contributed by atoms with Crippen LogP contribution in [-0.4, -0.2) is 60.1 Å². The van der Waals surface area contributed by atoms with Crippen molar-refractivity contribution >= 4 is 29.1 Å². The summed E-state index contributed by atoms with van der Waals surface area (Å²) in [5.74, 6) is 2.40. The van der Waals surface area contributed by atoms with E-state index >= 15 is 0 Å². The molecule has 0 unspecified atom stereocenters. The van der Waals surface area contributed by atoms with Crippen molar-refractivity contribution < 1.29 is 0 Å². The van der Waals surface area contributed by atoms with Crippen LogP contribution in [0.2, 0.25) is 0 Å². The van der Waals surface area contributed by atoms with E-state index in [0.717, 1.165) is 43.4 Å². The van der Waals surface area contributed by atoms with E-state index in [1.165, 1.54) is 6.33 Å². The van der Waals surface area contributed by atoms with E-state index in [2.05, 4.69) is 38.8 Å². The van der Waals surface area contributed by atoms with Crippen molar-refractivity contribution in [3.8, 4) is 0 Å². The van der Waals surface area contributed by atoms with Gasteiger partial charge in [-0.05, 0) is 20.2 Å². The highest BCUT2D eigenvalue weighted by Gasteiger charge is 2.07. The number of hydrogen-bond donors (Lipinski definition) is 3. The molecule has 0 bridgehead atoms. The van der Waals surface area contributed by atoms with Crippen molar-refractivity contribution in [3.63, 3.8) is 0 Å². The van der Waals surface area contributed by atoms with E-state index in [1.54, 1.807) is 0 Å². The number of hydrogen-bond acceptors (Lipinski definition) is 7. The Morgan fingerprint density at radius 2 is 2.11 bits per heavy atom. The van der Waals surface area contributed by atoms with Gasteiger partial charge in [0.15, 0.2) is 11.6 Å². The Bertz CT molecular complexity index is 373. The van der Waals surface area contributed by atoms with Crippen LogP contribution >= 0.6 is 11.8 Å². The lowest BCUT2D eigenvalue weighted by molar-refractivity contribution is 0.370. The first-order chi connectivity index (χ1) is 9.19. The largest absolute Gasteiger partial charge is 0.382 e. The van der Waals surface area contributed by atoms with Crippen LogP contribution in [-0.2, 0) is 0 Å². The van der Waals surface area contributed by atoms with Crippen LogP contribution in [0.3, 0.4) is 0 Å². The van der Waals surface area contributed by atoms with E-state index in [-0.39, 0.29) is 0 Å². The lowest BCUT2D eigenvalue weighted by Gasteiger charge is -2.17. The Hall–Kier alpha value is -1.21. The summed E-state index contributed by atoms with van der Waals surface area (Å²) in [6.45, 7) is 5.71. The highest BCUT2D eigenvalue weighted by molar-refractivity contribution is 7.98. The van der Waals surface area contributed by atoms with Crippen molar-refractivity contribution in [2.75, 3.05) is 61.6 Å². The number of aromatic nitrogens is 2. The molecule has 1 rings (SSSR count). The van der Waals surface area contributed by atoms with Crippen LogP contribution in [0.1, 0.15) is 6.92 Å². The van der Waals surface area contributed by atoms with E-state index in [9.17, 15) is 0 Å². The van der Waals surface area contributed by atoms with Gasteiger partial charge in [-0.1, -0.05) is 0 Å². The van der Waals surface area contributed by atoms with E-state index in [1.807, 2.05) is 18.7 Å². The standard InChI is InChI=1S/C12H24N6S/c1-4-14-10-11(13)16-9-17-12(10)15-5-6-18(2)7-8-19-3/h9,14H,4-8H2,1-3H3,(H3,13,15,16,17). The Kier molecular flexibility index (Phi) is 7.35. The molecule has 4 N–H and O–H groups in total. The van der Waals surface area contributed by atoms with Gasteiger partial charge in [-0.15, -0.1) is 0 Å². The van der Waals surface area contributed by atoms with Crippen molar-refractivity contribution in [1.82, 2.24) is 14.9 Å². The molecule has 0 amide bonds. The molecule has 1 aromatic rings. The van der Waals surface area contributed by atoms with E-state index < -0.39 is 0 Å². The SMILES string of the molecule is CCNc1c(N)ncnc1NCCN(C)CCSC. The second-order valence-electron chi connectivity index (χ2n) is 4.24. The first-order valence-electron chi connectivity index (χ1n) is 6.44. The Morgan fingerprint density at radius 3 is 2.79 bits per heavy atom. The second-order valence-corrected chi connectivity index (χ2v) is 5.22. The van der Waals surface area contributed by atoms with Crippen LogP contribution < -0.4 is 16.4 Å². The zero-order chi connectivity index (χ0) is 14.1. The first-order valence-corrected chi connectivity index (χ1v) is 7.84. The number of thioether (sulfide) groups is 1. The lowest BCUT2D eigenvalue weighted by atomic mass is 10.4. The zero-order valence-electron chi connectivity index (χ0n) is 11.9. The fourth-order valence-corrected chi connectivity index (χ4v) is 2.10. The molecule has 0 aliphatic rings. The average molecular weight is 284 g/mol. The van der Waals surface area contributed by atoms with Crippen LogP contribution in [0.5, 0.6) is 0 Å². The summed E-state index contributed by atoms with van der Waals surface area (Å²) < 4.78 is 0. The fraction of sp³-hybridized carbons (Fsp3) is 0.667. The lowest BCUT2D eigenvalue weighted by Crippen LogP contribution is -2.27. The molecule has 1 aromatic heterocycles. The van der Waals surface area contributed by atoms with Crippen molar-refractivity contribution in [2.45, 2.75) is 6.92 Å². The van der Waals surface area contributed by atoms with Gasteiger partial charge in [0, 0.05) is 31.9 Å². The summed E-state index contributed by atoms with van der Waals surface area (Å²) in [6, 6.07) is 0. The zero-order valence-corrected chi connectivity index (χ0v) is 12.8. The Balaban J connectivity index is 2.46. The van der Waals surface area contributed by atoms with E-state index in [4.69, 9.17) is 5.73 Å². The predicted octanol–water partition coefficient (Wildman–Crippen LogP) is 1.20. The molecule has 7 heteroatoms. The number of nitrogens with one attached hydrogen (secondary N) is 2. The Labute approximate surface area is 119 Å². The molecular weight excluding hydrogens is 260 g/mol. The van der Waals surface area contributed by atoms with E-state index in [0.29, 0.717) is 5.82 Å². The first kappa shape index (κ1) is 15.8. The molecule has 0 radical (unpaired) electrons. The van der Waals surface area contributed by atoms with Gasteiger partial charge < -0.3 is 21.3 Å². The molecule has 0 atom stereocenters. The average Bonchev–Trinajstić information content (AvgIpc) is 2.40. The van der Waals surface area contributed by atoms with Crippen LogP contribution in [0.25, 0.3) is 0 Å². The van der Waals surface area contributed by atoms with Crippen LogP contribution in [0, 0.1) is 0 Å². The quantitative estimate of drug-likeness (QED) is 0.628. The molecule has 0 aliphatic carbocycles. The summed E-state index contributed by atoms with van der Waals surface area (Å²) in [6.07, 6.45) is 3.61. The predicted molar refractivity (Wildman–Crippen MR) is 85.0 cm³/mol. The molecule has 0 saturated carbocycles. The number of nitrogens with zero attached hydrogens (tertiary/aromatic N) is 3. The van der Waals surface area contributed by atoms with Gasteiger partial charge in [0.2, 0.25) is 0 Å². The van der Waals surface area contributed by atoms with Crippen molar-refractivity contribution in [2.24, 2.45) is 0 Å². The summed E-state index contributed by atoms with van der Waals surface area (Å²) in [7, 11) is 2.12. The fourth-order valence-electron chi connectivity index (χ4n) is 1.61. The van der Waals surface area contributed by atoms with Gasteiger partial charge in [0.1, 0.15) is 12.0 Å². The highest BCUT2D eigenvalue weighted by Crippen LogP contribution is 2.23. The number of rotatable bonds is 9. The maximum atomic E-state index is 5.84. The van der Waals surface area contributed by atoms with Crippen molar-refractivity contribution in [1.29, 1.82) is 0 Å². The molecule has 6 nitrogen and oxygen atoms in total. The molecule has 1 heterocycles. The molecule has 108 valence electrons. The Morgan fingerprint density at radius 1 is 1.32 bits per heavy atom. The molecule has 0 fully saturated rings. The monoisotopic (exact) mass is 284 g/mol. The summed E-state index contributed by atoms with van der Waals surface area (Å²) in [5, 5.41) is 6.49.